The van der Waals surface area contributed by atoms with E-state index in [1.165, 1.54) is 9.79 Å². The fourth-order valence-corrected chi connectivity index (χ4v) is 4.85. The second kappa shape index (κ2) is 10.3. The van der Waals surface area contributed by atoms with E-state index >= 15 is 0 Å². The summed E-state index contributed by atoms with van der Waals surface area (Å²) in [6.45, 7) is 0. The smallest absolute Gasteiger partial charge is 0.116 e. The topological polar surface area (TPSA) is 12.4 Å². The van der Waals surface area contributed by atoms with Crippen molar-refractivity contribution in [3.63, 3.8) is 0 Å². The van der Waals surface area contributed by atoms with Crippen LogP contribution in [-0.4, -0.2) is 11.3 Å². The number of rotatable bonds is 6. The van der Waals surface area contributed by atoms with Crippen LogP contribution in [0.25, 0.3) is 0 Å². The van der Waals surface area contributed by atoms with Crippen molar-refractivity contribution in [2.75, 3.05) is 6.26 Å². The van der Waals surface area contributed by atoms with E-state index in [0.717, 1.165) is 15.6 Å². The van der Waals surface area contributed by atoms with Gasteiger partial charge in [0.15, 0.2) is 0 Å². The SMILES string of the molecule is CSC(=C\Sc1ccccc1)/C(=N\c1ccccc1)Sc1ccccc1. The molecule has 0 fully saturated rings. The molecule has 0 aliphatic carbocycles. The molecule has 3 aromatic rings. The molecule has 3 aromatic carbocycles. The van der Waals surface area contributed by atoms with Crippen LogP contribution < -0.4 is 0 Å². The molecule has 0 aliphatic heterocycles. The lowest BCUT2D eigenvalue weighted by molar-refractivity contribution is 1.47. The van der Waals surface area contributed by atoms with Gasteiger partial charge in [0, 0.05) is 14.7 Å². The molecule has 0 saturated carbocycles. The number of benzene rings is 3. The Kier molecular flexibility index (Phi) is 7.50. The van der Waals surface area contributed by atoms with E-state index < -0.39 is 0 Å². The first kappa shape index (κ1) is 18.9. The minimum Gasteiger partial charge on any atom is -0.241 e. The van der Waals surface area contributed by atoms with Crippen LogP contribution in [0.15, 0.2) is 116 Å². The number of aliphatic imine (C=N–C) groups is 1. The highest BCUT2D eigenvalue weighted by atomic mass is 32.2. The van der Waals surface area contributed by atoms with Crippen LogP contribution in [0.2, 0.25) is 0 Å². The monoisotopic (exact) mass is 393 g/mol. The van der Waals surface area contributed by atoms with Crippen LogP contribution in [0, 0.1) is 0 Å². The Hall–Kier alpha value is -1.88. The molecule has 0 amide bonds. The fourth-order valence-electron chi connectivity index (χ4n) is 2.15. The molecule has 0 atom stereocenters. The third-order valence-corrected chi connectivity index (χ3v) is 6.36. The first-order chi connectivity index (χ1) is 12.8. The second-order valence-electron chi connectivity index (χ2n) is 5.28. The predicted octanol–water partition coefficient (Wildman–Crippen LogP) is 7.51. The molecule has 130 valence electrons. The largest absolute Gasteiger partial charge is 0.241 e. The zero-order chi connectivity index (χ0) is 18.0. The van der Waals surface area contributed by atoms with E-state index in [0.29, 0.717) is 0 Å². The molecule has 26 heavy (non-hydrogen) atoms. The molecule has 0 radical (unpaired) electrons. The van der Waals surface area contributed by atoms with Gasteiger partial charge in [-0.3, -0.25) is 0 Å². The summed E-state index contributed by atoms with van der Waals surface area (Å²) in [6.07, 6.45) is 2.10. The molecule has 0 saturated heterocycles. The fraction of sp³-hybridized carbons (Fsp3) is 0.0455. The van der Waals surface area contributed by atoms with Crippen molar-refractivity contribution in [1.29, 1.82) is 0 Å². The van der Waals surface area contributed by atoms with Gasteiger partial charge in [-0.15, -0.1) is 11.8 Å². The number of para-hydroxylation sites is 1. The van der Waals surface area contributed by atoms with Crippen LogP contribution >= 0.6 is 35.3 Å². The Morgan fingerprint density at radius 3 is 1.85 bits per heavy atom. The van der Waals surface area contributed by atoms with Crippen molar-refractivity contribution in [2.45, 2.75) is 9.79 Å². The van der Waals surface area contributed by atoms with Crippen molar-refractivity contribution >= 4 is 46.0 Å². The number of hydrogen-bond acceptors (Lipinski definition) is 4. The number of hydrogen-bond donors (Lipinski definition) is 0. The average molecular weight is 394 g/mol. The Morgan fingerprint density at radius 1 is 0.731 bits per heavy atom. The van der Waals surface area contributed by atoms with Crippen molar-refractivity contribution in [3.8, 4) is 0 Å². The zero-order valence-corrected chi connectivity index (χ0v) is 16.9. The average Bonchev–Trinajstić information content (AvgIpc) is 2.71. The third kappa shape index (κ3) is 5.84. The summed E-state index contributed by atoms with van der Waals surface area (Å²) in [4.78, 5) is 8.49. The van der Waals surface area contributed by atoms with Crippen LogP contribution in [0.4, 0.5) is 5.69 Å². The van der Waals surface area contributed by atoms with Gasteiger partial charge in [-0.2, -0.15) is 0 Å². The molecule has 1 nitrogen and oxygen atoms in total. The summed E-state index contributed by atoms with van der Waals surface area (Å²) in [5.74, 6) is 0. The van der Waals surface area contributed by atoms with E-state index in [9.17, 15) is 0 Å². The molecule has 0 aromatic heterocycles. The quantitative estimate of drug-likeness (QED) is 0.244. The maximum absolute atomic E-state index is 4.91. The third-order valence-electron chi connectivity index (χ3n) is 3.42. The molecule has 0 spiro atoms. The molecule has 0 bridgehead atoms. The van der Waals surface area contributed by atoms with E-state index in [1.807, 2.05) is 42.5 Å². The van der Waals surface area contributed by atoms with Gasteiger partial charge in [-0.25, -0.2) is 4.99 Å². The summed E-state index contributed by atoms with van der Waals surface area (Å²) >= 11 is 5.15. The molecule has 0 unspecified atom stereocenters. The normalized spacial score (nSPS) is 12.2. The van der Waals surface area contributed by atoms with E-state index in [1.54, 1.807) is 35.3 Å². The van der Waals surface area contributed by atoms with Crippen molar-refractivity contribution in [1.82, 2.24) is 0 Å². The van der Waals surface area contributed by atoms with Crippen molar-refractivity contribution < 1.29 is 0 Å². The molecular formula is C22H19NS3. The van der Waals surface area contributed by atoms with E-state index in [2.05, 4.69) is 60.2 Å². The zero-order valence-electron chi connectivity index (χ0n) is 14.4. The minimum absolute atomic E-state index is 0.968. The van der Waals surface area contributed by atoms with Gasteiger partial charge in [-0.05, 0) is 48.1 Å². The Bertz CT molecular complexity index is 860. The summed E-state index contributed by atoms with van der Waals surface area (Å²) in [5.41, 5.74) is 0.968. The van der Waals surface area contributed by atoms with Crippen LogP contribution in [0.3, 0.4) is 0 Å². The van der Waals surface area contributed by atoms with Gasteiger partial charge in [-0.1, -0.05) is 78.1 Å². The van der Waals surface area contributed by atoms with Crippen LogP contribution in [-0.2, 0) is 0 Å². The van der Waals surface area contributed by atoms with E-state index in [-0.39, 0.29) is 0 Å². The molecule has 0 N–H and O–H groups in total. The Balaban J connectivity index is 1.91. The minimum atomic E-state index is 0.968. The lowest BCUT2D eigenvalue weighted by atomic mass is 10.3. The molecule has 0 aliphatic rings. The Labute approximate surface area is 168 Å². The molecule has 0 heterocycles. The van der Waals surface area contributed by atoms with Crippen LogP contribution in [0.1, 0.15) is 0 Å². The summed E-state index contributed by atoms with van der Waals surface area (Å²) in [5, 5.41) is 3.20. The molecule has 4 heteroatoms. The number of thioether (sulfide) groups is 3. The highest BCUT2D eigenvalue weighted by Gasteiger charge is 2.10. The van der Waals surface area contributed by atoms with Gasteiger partial charge in [0.2, 0.25) is 0 Å². The summed E-state index contributed by atoms with van der Waals surface area (Å²) in [6, 6.07) is 30.9. The lowest BCUT2D eigenvalue weighted by Gasteiger charge is -2.09. The molecular weight excluding hydrogens is 374 g/mol. The Morgan fingerprint density at radius 2 is 1.27 bits per heavy atom. The highest BCUT2D eigenvalue weighted by molar-refractivity contribution is 8.18. The van der Waals surface area contributed by atoms with Gasteiger partial charge >= 0.3 is 0 Å². The summed E-state index contributed by atoms with van der Waals surface area (Å²) in [7, 11) is 0. The van der Waals surface area contributed by atoms with Crippen molar-refractivity contribution in [2.24, 2.45) is 4.99 Å². The van der Waals surface area contributed by atoms with Gasteiger partial charge < -0.3 is 0 Å². The van der Waals surface area contributed by atoms with Gasteiger partial charge in [0.25, 0.3) is 0 Å². The maximum atomic E-state index is 4.91. The van der Waals surface area contributed by atoms with Crippen molar-refractivity contribution in [3.05, 3.63) is 101 Å². The first-order valence-corrected chi connectivity index (χ1v) is 11.1. The highest BCUT2D eigenvalue weighted by Crippen LogP contribution is 2.33. The lowest BCUT2D eigenvalue weighted by Crippen LogP contribution is -1.94. The standard InChI is InChI=1S/C22H19NS3/c1-24-21(17-25-19-13-7-3-8-14-19)22(23-18-11-5-2-6-12-18)26-20-15-9-4-10-16-20/h2-17H,1H3/b21-17-,23-22+. The predicted molar refractivity (Wildman–Crippen MR) is 120 cm³/mol. The van der Waals surface area contributed by atoms with Crippen LogP contribution in [0.5, 0.6) is 0 Å². The van der Waals surface area contributed by atoms with Gasteiger partial charge in [0.1, 0.15) is 5.04 Å². The summed E-state index contributed by atoms with van der Waals surface area (Å²) < 4.78 is 0. The maximum Gasteiger partial charge on any atom is 0.116 e. The van der Waals surface area contributed by atoms with E-state index in [4.69, 9.17) is 4.99 Å². The first-order valence-electron chi connectivity index (χ1n) is 8.18. The second-order valence-corrected chi connectivity index (χ2v) is 8.14. The molecule has 3 rings (SSSR count). The number of nitrogens with zero attached hydrogens (tertiary/aromatic N) is 1. The van der Waals surface area contributed by atoms with Gasteiger partial charge in [0.05, 0.1) is 5.69 Å².